The summed E-state index contributed by atoms with van der Waals surface area (Å²) in [6.07, 6.45) is 5.54. The van der Waals surface area contributed by atoms with Crippen LogP contribution in [-0.2, 0) is 6.54 Å². The lowest BCUT2D eigenvalue weighted by molar-refractivity contribution is 0.281. The standard InChI is InChI=1S/C21H31N7.HI/c1-2-22-21(28-11-8-18(15-28)14-27-9-3-4-10-27)23-13-17-6-5-7-19(12-17)20-24-16-25-26-20;/h5-7,12,16,18H,2-4,8-11,13-15H2,1H3,(H,22,23)(H,24,25,26);1H. The molecule has 2 aromatic rings. The van der Waals surface area contributed by atoms with Crippen LogP contribution < -0.4 is 5.32 Å². The summed E-state index contributed by atoms with van der Waals surface area (Å²) in [5.41, 5.74) is 2.22. The normalized spacial score (nSPS) is 20.1. The molecule has 0 radical (unpaired) electrons. The molecule has 0 aliphatic carbocycles. The van der Waals surface area contributed by atoms with Crippen molar-refractivity contribution in [1.29, 1.82) is 0 Å². The van der Waals surface area contributed by atoms with E-state index in [0.717, 1.165) is 42.9 Å². The van der Waals surface area contributed by atoms with E-state index in [0.29, 0.717) is 6.54 Å². The van der Waals surface area contributed by atoms with Gasteiger partial charge in [0.15, 0.2) is 11.8 Å². The summed E-state index contributed by atoms with van der Waals surface area (Å²) in [6.45, 7) is 9.72. The summed E-state index contributed by atoms with van der Waals surface area (Å²) in [4.78, 5) is 14.2. The highest BCUT2D eigenvalue weighted by Gasteiger charge is 2.27. The molecule has 4 rings (SSSR count). The van der Waals surface area contributed by atoms with Crippen molar-refractivity contribution in [2.45, 2.75) is 32.7 Å². The van der Waals surface area contributed by atoms with E-state index in [1.165, 1.54) is 50.8 Å². The van der Waals surface area contributed by atoms with Gasteiger partial charge in [-0.15, -0.1) is 24.0 Å². The lowest BCUT2D eigenvalue weighted by atomic mass is 10.1. The fraction of sp³-hybridized carbons (Fsp3) is 0.571. The van der Waals surface area contributed by atoms with Gasteiger partial charge in [0, 0.05) is 31.7 Å². The molecule has 2 aliphatic heterocycles. The van der Waals surface area contributed by atoms with Crippen LogP contribution in [0.5, 0.6) is 0 Å². The summed E-state index contributed by atoms with van der Waals surface area (Å²) in [5, 5.41) is 10.3. The lowest BCUT2D eigenvalue weighted by Gasteiger charge is -2.23. The Labute approximate surface area is 190 Å². The number of nitrogens with one attached hydrogen (secondary N) is 2. The van der Waals surface area contributed by atoms with Crippen LogP contribution in [0.15, 0.2) is 35.6 Å². The van der Waals surface area contributed by atoms with Crippen molar-refractivity contribution in [2.24, 2.45) is 10.9 Å². The van der Waals surface area contributed by atoms with Crippen molar-refractivity contribution in [1.82, 2.24) is 30.3 Å². The number of aliphatic imine (C=N–C) groups is 1. The molecule has 3 heterocycles. The fourth-order valence-corrected chi connectivity index (χ4v) is 4.26. The van der Waals surface area contributed by atoms with Crippen molar-refractivity contribution in [3.63, 3.8) is 0 Å². The van der Waals surface area contributed by atoms with Crippen LogP contribution in [0.4, 0.5) is 0 Å². The van der Waals surface area contributed by atoms with Gasteiger partial charge in [0.1, 0.15) is 6.33 Å². The highest BCUT2D eigenvalue weighted by atomic mass is 127. The number of hydrogen-bond donors (Lipinski definition) is 2. The van der Waals surface area contributed by atoms with Crippen LogP contribution in [0.2, 0.25) is 0 Å². The van der Waals surface area contributed by atoms with Crippen LogP contribution in [-0.4, -0.2) is 70.2 Å². The number of aromatic nitrogens is 3. The molecule has 1 atom stereocenters. The molecule has 8 heteroatoms. The molecule has 7 nitrogen and oxygen atoms in total. The van der Waals surface area contributed by atoms with Crippen LogP contribution in [0, 0.1) is 5.92 Å². The largest absolute Gasteiger partial charge is 0.357 e. The number of halogens is 1. The SMILES string of the molecule is CCNC(=NCc1cccc(-c2ncn[nH]2)c1)N1CCC(CN2CCCC2)C1.I. The van der Waals surface area contributed by atoms with E-state index in [1.807, 2.05) is 6.07 Å². The molecule has 1 aromatic heterocycles. The summed E-state index contributed by atoms with van der Waals surface area (Å²) in [5.74, 6) is 2.59. The number of nitrogens with zero attached hydrogens (tertiary/aromatic N) is 5. The van der Waals surface area contributed by atoms with Gasteiger partial charge in [0.2, 0.25) is 0 Å². The number of rotatable bonds is 6. The Morgan fingerprint density at radius 2 is 2.14 bits per heavy atom. The van der Waals surface area contributed by atoms with Crippen molar-refractivity contribution < 1.29 is 0 Å². The van der Waals surface area contributed by atoms with Gasteiger partial charge in [0.05, 0.1) is 6.54 Å². The number of guanidine groups is 1. The molecule has 158 valence electrons. The monoisotopic (exact) mass is 509 g/mol. The average molecular weight is 509 g/mol. The third kappa shape index (κ3) is 5.91. The molecule has 0 bridgehead atoms. The van der Waals surface area contributed by atoms with Crippen LogP contribution in [0.25, 0.3) is 11.4 Å². The second-order valence-corrected chi connectivity index (χ2v) is 7.81. The van der Waals surface area contributed by atoms with E-state index in [9.17, 15) is 0 Å². The molecule has 0 spiro atoms. The van der Waals surface area contributed by atoms with Gasteiger partial charge < -0.3 is 15.1 Å². The molecular formula is C21H32IN7. The second-order valence-electron chi connectivity index (χ2n) is 7.81. The van der Waals surface area contributed by atoms with E-state index >= 15 is 0 Å². The Bertz CT molecular complexity index is 771. The lowest BCUT2D eigenvalue weighted by Crippen LogP contribution is -2.40. The predicted octanol–water partition coefficient (Wildman–Crippen LogP) is 2.97. The topological polar surface area (TPSA) is 72.4 Å². The average Bonchev–Trinajstić information content (AvgIpc) is 3.48. The Balaban J connectivity index is 0.00000240. The second kappa shape index (κ2) is 10.9. The van der Waals surface area contributed by atoms with Crippen molar-refractivity contribution in [3.05, 3.63) is 36.2 Å². The smallest absolute Gasteiger partial charge is 0.194 e. The first-order valence-electron chi connectivity index (χ1n) is 10.5. The summed E-state index contributed by atoms with van der Waals surface area (Å²) in [7, 11) is 0. The molecule has 1 unspecified atom stereocenters. The van der Waals surface area contributed by atoms with Gasteiger partial charge in [-0.25, -0.2) is 9.98 Å². The summed E-state index contributed by atoms with van der Waals surface area (Å²) in [6, 6.07) is 8.35. The number of hydrogen-bond acceptors (Lipinski definition) is 4. The molecule has 1 aromatic carbocycles. The number of H-pyrrole nitrogens is 1. The van der Waals surface area contributed by atoms with E-state index < -0.39 is 0 Å². The van der Waals surface area contributed by atoms with Gasteiger partial charge in [-0.2, -0.15) is 5.10 Å². The number of aromatic amines is 1. The molecular weight excluding hydrogens is 477 g/mol. The van der Waals surface area contributed by atoms with E-state index in [1.54, 1.807) is 0 Å². The van der Waals surface area contributed by atoms with Gasteiger partial charge in [-0.05, 0) is 56.8 Å². The maximum Gasteiger partial charge on any atom is 0.194 e. The van der Waals surface area contributed by atoms with Crippen molar-refractivity contribution >= 4 is 29.9 Å². The molecule has 2 saturated heterocycles. The van der Waals surface area contributed by atoms with E-state index in [-0.39, 0.29) is 24.0 Å². The van der Waals surface area contributed by atoms with Gasteiger partial charge in [-0.1, -0.05) is 18.2 Å². The predicted molar refractivity (Wildman–Crippen MR) is 127 cm³/mol. The Morgan fingerprint density at radius 3 is 2.90 bits per heavy atom. The Kier molecular flexibility index (Phi) is 8.29. The van der Waals surface area contributed by atoms with Gasteiger partial charge in [0.25, 0.3) is 0 Å². The van der Waals surface area contributed by atoms with Gasteiger partial charge in [-0.3, -0.25) is 5.10 Å². The van der Waals surface area contributed by atoms with Crippen LogP contribution in [0.1, 0.15) is 31.7 Å². The van der Waals surface area contributed by atoms with E-state index in [4.69, 9.17) is 4.99 Å². The third-order valence-electron chi connectivity index (χ3n) is 5.66. The van der Waals surface area contributed by atoms with E-state index in [2.05, 4.69) is 55.4 Å². The molecule has 0 saturated carbocycles. The zero-order valence-electron chi connectivity index (χ0n) is 17.2. The first kappa shape index (κ1) is 22.0. The first-order chi connectivity index (χ1) is 13.8. The Morgan fingerprint density at radius 1 is 1.28 bits per heavy atom. The third-order valence-corrected chi connectivity index (χ3v) is 5.66. The fourth-order valence-electron chi connectivity index (χ4n) is 4.26. The minimum atomic E-state index is 0. The summed E-state index contributed by atoms with van der Waals surface area (Å²) < 4.78 is 0. The molecule has 2 N–H and O–H groups in total. The zero-order valence-corrected chi connectivity index (χ0v) is 19.5. The van der Waals surface area contributed by atoms with Crippen molar-refractivity contribution in [2.75, 3.05) is 39.3 Å². The first-order valence-corrected chi connectivity index (χ1v) is 10.5. The molecule has 2 aliphatic rings. The quantitative estimate of drug-likeness (QED) is 0.356. The number of likely N-dealkylation sites (tertiary alicyclic amines) is 2. The highest BCUT2D eigenvalue weighted by Crippen LogP contribution is 2.21. The molecule has 29 heavy (non-hydrogen) atoms. The van der Waals surface area contributed by atoms with Gasteiger partial charge >= 0.3 is 0 Å². The molecule has 2 fully saturated rings. The summed E-state index contributed by atoms with van der Waals surface area (Å²) >= 11 is 0. The Hall–Kier alpha value is -1.68. The minimum absolute atomic E-state index is 0. The highest BCUT2D eigenvalue weighted by molar-refractivity contribution is 14.0. The number of benzene rings is 1. The maximum absolute atomic E-state index is 4.93. The maximum atomic E-state index is 4.93. The zero-order chi connectivity index (χ0) is 19.2. The van der Waals surface area contributed by atoms with Crippen molar-refractivity contribution in [3.8, 4) is 11.4 Å². The molecule has 0 amide bonds. The van der Waals surface area contributed by atoms with Crippen LogP contribution >= 0.6 is 24.0 Å². The van der Waals surface area contributed by atoms with Crippen LogP contribution in [0.3, 0.4) is 0 Å². The minimum Gasteiger partial charge on any atom is -0.357 e.